The minimum Gasteiger partial charge on any atom is -0.494 e. The number of carbonyl (C=O) groups is 2. The van der Waals surface area contributed by atoms with Gasteiger partial charge in [0.2, 0.25) is 0 Å². The highest BCUT2D eigenvalue weighted by Crippen LogP contribution is 2.26. The van der Waals surface area contributed by atoms with Crippen LogP contribution in [0.2, 0.25) is 0 Å². The number of esters is 1. The molecule has 0 bridgehead atoms. The molecular weight excluding hydrogens is 397 g/mol. The van der Waals surface area contributed by atoms with Crippen molar-refractivity contribution >= 4 is 35.0 Å². The van der Waals surface area contributed by atoms with Crippen molar-refractivity contribution in [3.63, 3.8) is 0 Å². The molecule has 1 N–H and O–H groups in total. The summed E-state index contributed by atoms with van der Waals surface area (Å²) >= 11 is 0.992. The Balaban J connectivity index is 1.67. The highest BCUT2D eigenvalue weighted by Gasteiger charge is 2.24. The lowest BCUT2D eigenvalue weighted by Crippen LogP contribution is -2.19. The first-order chi connectivity index (χ1) is 14.0. The van der Waals surface area contributed by atoms with Crippen molar-refractivity contribution in [1.29, 1.82) is 0 Å². The van der Waals surface area contributed by atoms with Crippen LogP contribution in [0.4, 0.5) is 4.39 Å². The Bertz CT molecular complexity index is 1030. The lowest BCUT2D eigenvalue weighted by atomic mass is 10.0. The second-order valence-corrected chi connectivity index (χ2v) is 6.74. The van der Waals surface area contributed by atoms with Crippen LogP contribution >= 0.6 is 11.8 Å². The highest BCUT2D eigenvalue weighted by molar-refractivity contribution is 8.18. The molecule has 29 heavy (non-hydrogen) atoms. The number of amides is 1. The Kier molecular flexibility index (Phi) is 6.40. The number of thioether (sulfide) groups is 1. The predicted octanol–water partition coefficient (Wildman–Crippen LogP) is 3.11. The molecule has 0 radical (unpaired) electrons. The number of ether oxygens (including phenoxy) is 2. The molecule has 1 amide bonds. The fraction of sp³-hybridized carbons (Fsp3) is 0.100. The van der Waals surface area contributed by atoms with Gasteiger partial charge >= 0.3 is 5.97 Å². The molecular formula is C20H16FN3O4S. The maximum absolute atomic E-state index is 13.9. The Morgan fingerprint density at radius 3 is 2.52 bits per heavy atom. The van der Waals surface area contributed by atoms with E-state index in [-0.39, 0.29) is 15.8 Å². The van der Waals surface area contributed by atoms with Gasteiger partial charge in [-0.25, -0.2) is 9.18 Å². The van der Waals surface area contributed by atoms with E-state index in [0.29, 0.717) is 0 Å². The topological polar surface area (TPSA) is 89.3 Å². The van der Waals surface area contributed by atoms with E-state index >= 15 is 0 Å². The molecule has 0 aromatic heterocycles. The molecule has 0 saturated carbocycles. The molecule has 3 rings (SSSR count). The average Bonchev–Trinajstić information content (AvgIpc) is 3.07. The fourth-order valence-corrected chi connectivity index (χ4v) is 3.14. The number of methoxy groups -OCH3 is 2. The summed E-state index contributed by atoms with van der Waals surface area (Å²) in [6.45, 7) is 0. The number of halogens is 1. The first kappa shape index (κ1) is 20.3. The van der Waals surface area contributed by atoms with E-state index in [1.165, 1.54) is 26.5 Å². The smallest absolute Gasteiger partial charge is 0.331 e. The van der Waals surface area contributed by atoms with Gasteiger partial charge in [0.15, 0.2) is 16.7 Å². The van der Waals surface area contributed by atoms with Gasteiger partial charge in [-0.15, -0.1) is 5.10 Å². The summed E-state index contributed by atoms with van der Waals surface area (Å²) in [5.41, 5.74) is 2.33. The molecule has 1 heterocycles. The predicted molar refractivity (Wildman–Crippen MR) is 109 cm³/mol. The summed E-state index contributed by atoms with van der Waals surface area (Å²) < 4.78 is 23.3. The Morgan fingerprint density at radius 1 is 1.14 bits per heavy atom. The molecule has 0 atom stereocenters. The first-order valence-electron chi connectivity index (χ1n) is 8.34. The van der Waals surface area contributed by atoms with Gasteiger partial charge in [-0.3, -0.25) is 10.1 Å². The minimum absolute atomic E-state index is 0.182. The monoisotopic (exact) mass is 413 g/mol. The van der Waals surface area contributed by atoms with Gasteiger partial charge in [0, 0.05) is 6.08 Å². The molecule has 0 aliphatic carbocycles. The average molecular weight is 413 g/mol. The molecule has 7 nitrogen and oxygen atoms in total. The molecule has 1 saturated heterocycles. The molecule has 148 valence electrons. The molecule has 0 unspecified atom stereocenters. The fourth-order valence-electron chi connectivity index (χ4n) is 2.40. The normalized spacial score (nSPS) is 16.4. The van der Waals surface area contributed by atoms with E-state index in [0.717, 1.165) is 34.5 Å². The van der Waals surface area contributed by atoms with Crippen molar-refractivity contribution in [3.05, 3.63) is 64.8 Å². The zero-order valence-electron chi connectivity index (χ0n) is 15.5. The third kappa shape index (κ3) is 5.08. The van der Waals surface area contributed by atoms with Crippen molar-refractivity contribution in [2.45, 2.75) is 0 Å². The zero-order chi connectivity index (χ0) is 20.8. The van der Waals surface area contributed by atoms with Crippen LogP contribution in [0.1, 0.15) is 5.56 Å². The Morgan fingerprint density at radius 2 is 1.86 bits per heavy atom. The first-order valence-corrected chi connectivity index (χ1v) is 9.15. The van der Waals surface area contributed by atoms with E-state index in [1.807, 2.05) is 24.3 Å². The van der Waals surface area contributed by atoms with Crippen LogP contribution in [0, 0.1) is 5.82 Å². The number of hydrogen-bond acceptors (Lipinski definition) is 7. The molecule has 0 spiro atoms. The van der Waals surface area contributed by atoms with Crippen molar-refractivity contribution in [2.24, 2.45) is 10.2 Å². The van der Waals surface area contributed by atoms with E-state index in [2.05, 4.69) is 20.3 Å². The SMILES string of the molecule is COC(=O)/C=C1/S/C(=N\N=Cc2ccc(-c3ccc(OC)c(F)c3)cc2)NC1=O. The number of nitrogens with zero attached hydrogens (tertiary/aromatic N) is 2. The number of amidine groups is 1. The van der Waals surface area contributed by atoms with Crippen molar-refractivity contribution in [3.8, 4) is 16.9 Å². The number of benzene rings is 2. The van der Waals surface area contributed by atoms with Gasteiger partial charge < -0.3 is 9.47 Å². The quantitative estimate of drug-likeness (QED) is 0.352. The van der Waals surface area contributed by atoms with Gasteiger partial charge in [0.25, 0.3) is 5.91 Å². The molecule has 9 heteroatoms. The van der Waals surface area contributed by atoms with Crippen molar-refractivity contribution in [2.75, 3.05) is 14.2 Å². The summed E-state index contributed by atoms with van der Waals surface area (Å²) in [4.78, 5) is 23.1. The molecule has 2 aromatic rings. The van der Waals surface area contributed by atoms with E-state index in [4.69, 9.17) is 4.74 Å². The number of hydrogen-bond donors (Lipinski definition) is 1. The van der Waals surface area contributed by atoms with E-state index in [1.54, 1.807) is 12.1 Å². The third-order valence-electron chi connectivity index (χ3n) is 3.85. The summed E-state index contributed by atoms with van der Waals surface area (Å²) in [6, 6.07) is 12.0. The van der Waals surface area contributed by atoms with Crippen LogP contribution in [-0.4, -0.2) is 37.5 Å². The van der Waals surface area contributed by atoms with Gasteiger partial charge in [-0.05, 0) is 40.6 Å². The standard InChI is InChI=1S/C20H16FN3O4S/c1-27-16-8-7-14(9-15(16)21)13-5-3-12(4-6-13)11-22-24-20-23-19(26)17(29-20)10-18(25)28-2/h3-11H,1-2H3,(H,23,24,26)/b17-10+,22-11?. The Hall–Kier alpha value is -3.46. The molecule has 1 aliphatic heterocycles. The number of nitrogens with one attached hydrogen (secondary N) is 1. The second kappa shape index (κ2) is 9.16. The summed E-state index contributed by atoms with van der Waals surface area (Å²) in [5.74, 6) is -1.30. The van der Waals surface area contributed by atoms with Crippen LogP contribution in [0.25, 0.3) is 11.1 Å². The van der Waals surface area contributed by atoms with Gasteiger partial charge in [0.1, 0.15) is 0 Å². The van der Waals surface area contributed by atoms with Gasteiger partial charge in [-0.1, -0.05) is 30.3 Å². The summed E-state index contributed by atoms with van der Waals surface area (Å²) in [6.07, 6.45) is 2.60. The third-order valence-corrected chi connectivity index (χ3v) is 4.75. The lowest BCUT2D eigenvalue weighted by Gasteiger charge is -2.05. The molecule has 2 aromatic carbocycles. The zero-order valence-corrected chi connectivity index (χ0v) is 16.3. The van der Waals surface area contributed by atoms with Crippen LogP contribution < -0.4 is 10.1 Å². The van der Waals surface area contributed by atoms with Gasteiger partial charge in [-0.2, -0.15) is 5.10 Å². The molecule has 1 fully saturated rings. The molecule has 1 aliphatic rings. The maximum Gasteiger partial charge on any atom is 0.331 e. The Labute approximate surface area is 170 Å². The van der Waals surface area contributed by atoms with Crippen LogP contribution in [0.15, 0.2) is 63.6 Å². The summed E-state index contributed by atoms with van der Waals surface area (Å²) in [5, 5.41) is 10.6. The van der Waals surface area contributed by atoms with E-state index in [9.17, 15) is 14.0 Å². The largest absolute Gasteiger partial charge is 0.494 e. The summed E-state index contributed by atoms with van der Waals surface area (Å²) in [7, 11) is 2.65. The van der Waals surface area contributed by atoms with E-state index < -0.39 is 17.7 Å². The van der Waals surface area contributed by atoms with Crippen molar-refractivity contribution in [1.82, 2.24) is 5.32 Å². The second-order valence-electron chi connectivity index (χ2n) is 5.71. The van der Waals surface area contributed by atoms with Crippen LogP contribution in [-0.2, 0) is 14.3 Å². The van der Waals surface area contributed by atoms with Gasteiger partial charge in [0.05, 0.1) is 25.3 Å². The number of carbonyl (C=O) groups excluding carboxylic acids is 2. The van der Waals surface area contributed by atoms with Crippen molar-refractivity contribution < 1.29 is 23.5 Å². The number of rotatable bonds is 5. The van der Waals surface area contributed by atoms with Crippen LogP contribution in [0.3, 0.4) is 0 Å². The highest BCUT2D eigenvalue weighted by atomic mass is 32.2. The minimum atomic E-state index is -0.621. The van der Waals surface area contributed by atoms with Crippen LogP contribution in [0.5, 0.6) is 5.75 Å². The lowest BCUT2D eigenvalue weighted by molar-refractivity contribution is -0.135. The maximum atomic E-state index is 13.9.